The molecular weight excluding hydrogens is 156 g/mol. The van der Waals surface area contributed by atoms with Gasteiger partial charge in [-0.1, -0.05) is 45.9 Å². The highest BCUT2D eigenvalue weighted by Crippen LogP contribution is 2.24. The van der Waals surface area contributed by atoms with Gasteiger partial charge in [-0.3, -0.25) is 0 Å². The minimum Gasteiger partial charge on any atom is -0.0613 e. The minimum absolute atomic E-state index is 0.248. The third-order valence-corrected chi connectivity index (χ3v) is 2.45. The van der Waals surface area contributed by atoms with Gasteiger partial charge in [-0.05, 0) is 35.4 Å². The van der Waals surface area contributed by atoms with Crippen LogP contribution in [0.1, 0.15) is 44.4 Å². The van der Waals surface area contributed by atoms with Crippen molar-refractivity contribution in [3.63, 3.8) is 0 Å². The fraction of sp³-hybridized carbons (Fsp3) is 0.462. The molecule has 0 saturated carbocycles. The lowest BCUT2D eigenvalue weighted by Crippen LogP contribution is -2.11. The van der Waals surface area contributed by atoms with Gasteiger partial charge in [0.05, 0.1) is 0 Å². The van der Waals surface area contributed by atoms with Gasteiger partial charge in [-0.15, -0.1) is 0 Å². The van der Waals surface area contributed by atoms with Gasteiger partial charge in [0.1, 0.15) is 0 Å². The van der Waals surface area contributed by atoms with Crippen molar-refractivity contribution in [2.75, 3.05) is 0 Å². The van der Waals surface area contributed by atoms with Gasteiger partial charge in [-0.2, -0.15) is 0 Å². The smallest absolute Gasteiger partial charge is 0.0132 e. The molecule has 0 aliphatic heterocycles. The Bertz CT molecular complexity index is 289. The standard InChI is InChI=1S/C13H19/c1-6-11-9-12(13(3,4)5)8-7-10(11)2/h7-9H,2,6H2,1,3-5H3. The lowest BCUT2D eigenvalue weighted by Gasteiger charge is -2.20. The second-order valence-electron chi connectivity index (χ2n) is 4.59. The molecule has 0 heterocycles. The van der Waals surface area contributed by atoms with E-state index in [1.165, 1.54) is 11.1 Å². The van der Waals surface area contributed by atoms with Crippen LogP contribution in [0.15, 0.2) is 18.2 Å². The highest BCUT2D eigenvalue weighted by atomic mass is 14.2. The normalized spacial score (nSPS) is 11.8. The van der Waals surface area contributed by atoms with E-state index >= 15 is 0 Å². The first-order valence-corrected chi connectivity index (χ1v) is 4.90. The predicted octanol–water partition coefficient (Wildman–Crippen LogP) is 3.73. The molecule has 0 N–H and O–H groups in total. The molecule has 13 heavy (non-hydrogen) atoms. The van der Waals surface area contributed by atoms with Crippen LogP contribution >= 0.6 is 0 Å². The van der Waals surface area contributed by atoms with E-state index in [0.29, 0.717) is 0 Å². The summed E-state index contributed by atoms with van der Waals surface area (Å²) >= 11 is 0. The number of benzene rings is 1. The number of rotatable bonds is 1. The minimum atomic E-state index is 0.248. The summed E-state index contributed by atoms with van der Waals surface area (Å²) < 4.78 is 0. The van der Waals surface area contributed by atoms with E-state index < -0.39 is 0 Å². The molecule has 0 bridgehead atoms. The van der Waals surface area contributed by atoms with Crippen molar-refractivity contribution >= 4 is 0 Å². The Morgan fingerprint density at radius 2 is 1.85 bits per heavy atom. The largest absolute Gasteiger partial charge is 0.0613 e. The molecule has 1 rings (SSSR count). The first-order chi connectivity index (χ1) is 5.95. The first kappa shape index (κ1) is 10.3. The van der Waals surface area contributed by atoms with Crippen molar-refractivity contribution in [3.05, 3.63) is 41.8 Å². The maximum atomic E-state index is 4.01. The number of hydrogen-bond donors (Lipinski definition) is 0. The summed E-state index contributed by atoms with van der Waals surface area (Å²) in [4.78, 5) is 0. The van der Waals surface area contributed by atoms with Crippen LogP contribution in [0.4, 0.5) is 0 Å². The summed E-state index contributed by atoms with van der Waals surface area (Å²) in [5, 5.41) is 0. The molecule has 0 saturated heterocycles. The van der Waals surface area contributed by atoms with E-state index in [2.05, 4.69) is 52.8 Å². The topological polar surface area (TPSA) is 0 Å². The second kappa shape index (κ2) is 3.53. The summed E-state index contributed by atoms with van der Waals surface area (Å²) in [6.07, 6.45) is 1.07. The predicted molar refractivity (Wildman–Crippen MR) is 59.0 cm³/mol. The molecule has 0 aromatic heterocycles. The van der Waals surface area contributed by atoms with Crippen LogP contribution in [-0.4, -0.2) is 0 Å². The van der Waals surface area contributed by atoms with Gasteiger partial charge in [-0.25, -0.2) is 0 Å². The van der Waals surface area contributed by atoms with Crippen molar-refractivity contribution in [3.8, 4) is 0 Å². The fourth-order valence-electron chi connectivity index (χ4n) is 1.42. The number of aryl methyl sites for hydroxylation is 1. The Hall–Kier alpha value is -0.780. The van der Waals surface area contributed by atoms with Crippen molar-refractivity contribution in [2.45, 2.75) is 39.5 Å². The Labute approximate surface area is 82.0 Å². The van der Waals surface area contributed by atoms with Crippen LogP contribution < -0.4 is 0 Å². The van der Waals surface area contributed by atoms with Crippen LogP contribution in [0.25, 0.3) is 0 Å². The molecular formula is C13H19. The Morgan fingerprint density at radius 1 is 1.23 bits per heavy atom. The van der Waals surface area contributed by atoms with Crippen molar-refractivity contribution in [2.24, 2.45) is 0 Å². The Kier molecular flexibility index (Phi) is 2.80. The van der Waals surface area contributed by atoms with Crippen molar-refractivity contribution < 1.29 is 0 Å². The van der Waals surface area contributed by atoms with Crippen molar-refractivity contribution in [1.29, 1.82) is 0 Å². The Morgan fingerprint density at radius 3 is 2.31 bits per heavy atom. The molecule has 0 aliphatic rings. The molecule has 0 unspecified atom stereocenters. The molecule has 71 valence electrons. The van der Waals surface area contributed by atoms with Gasteiger partial charge >= 0.3 is 0 Å². The summed E-state index contributed by atoms with van der Waals surface area (Å²) in [5.74, 6) is 0. The summed E-state index contributed by atoms with van der Waals surface area (Å²) in [6, 6.07) is 6.59. The van der Waals surface area contributed by atoms with Gasteiger partial charge in [0.2, 0.25) is 0 Å². The quantitative estimate of drug-likeness (QED) is 0.610. The van der Waals surface area contributed by atoms with Crippen molar-refractivity contribution in [1.82, 2.24) is 0 Å². The molecule has 0 atom stereocenters. The number of hydrogen-bond acceptors (Lipinski definition) is 0. The molecule has 0 heteroatoms. The zero-order valence-electron chi connectivity index (χ0n) is 9.15. The maximum absolute atomic E-state index is 4.01. The summed E-state index contributed by atoms with van der Waals surface area (Å²) in [6.45, 7) is 12.9. The van der Waals surface area contributed by atoms with Crippen LogP contribution in [0.2, 0.25) is 0 Å². The van der Waals surface area contributed by atoms with Gasteiger partial charge in [0.15, 0.2) is 0 Å². The zero-order chi connectivity index (χ0) is 10.1. The molecule has 1 radical (unpaired) electrons. The highest BCUT2D eigenvalue weighted by Gasteiger charge is 2.13. The third-order valence-electron chi connectivity index (χ3n) is 2.45. The van der Waals surface area contributed by atoms with E-state index in [0.717, 1.165) is 12.0 Å². The average Bonchev–Trinajstić information content (AvgIpc) is 2.03. The first-order valence-electron chi connectivity index (χ1n) is 4.90. The van der Waals surface area contributed by atoms with Gasteiger partial charge in [0, 0.05) is 0 Å². The third kappa shape index (κ3) is 2.33. The molecule has 1 aromatic rings. The molecule has 0 spiro atoms. The second-order valence-corrected chi connectivity index (χ2v) is 4.59. The summed E-state index contributed by atoms with van der Waals surface area (Å²) in [5.41, 5.74) is 4.18. The molecule has 0 amide bonds. The molecule has 0 fully saturated rings. The molecule has 1 aromatic carbocycles. The van der Waals surface area contributed by atoms with Crippen LogP contribution in [0.3, 0.4) is 0 Å². The van der Waals surface area contributed by atoms with Gasteiger partial charge < -0.3 is 0 Å². The van der Waals surface area contributed by atoms with E-state index in [-0.39, 0.29) is 5.41 Å². The Balaban J connectivity index is 3.14. The van der Waals surface area contributed by atoms with E-state index in [1.54, 1.807) is 0 Å². The zero-order valence-corrected chi connectivity index (χ0v) is 9.15. The monoisotopic (exact) mass is 175 g/mol. The average molecular weight is 175 g/mol. The lowest BCUT2D eigenvalue weighted by molar-refractivity contribution is 0.589. The van der Waals surface area contributed by atoms with E-state index in [1.807, 2.05) is 0 Å². The summed E-state index contributed by atoms with van der Waals surface area (Å²) in [7, 11) is 0. The van der Waals surface area contributed by atoms with Crippen LogP contribution in [-0.2, 0) is 11.8 Å². The molecule has 0 nitrogen and oxygen atoms in total. The maximum Gasteiger partial charge on any atom is -0.0132 e. The SMILES string of the molecule is [CH2]c1ccc(C(C)(C)C)cc1CC. The highest BCUT2D eigenvalue weighted by molar-refractivity contribution is 5.36. The van der Waals surface area contributed by atoms with Crippen LogP contribution in [0, 0.1) is 6.92 Å². The van der Waals surface area contributed by atoms with Crippen LogP contribution in [0.5, 0.6) is 0 Å². The van der Waals surface area contributed by atoms with Gasteiger partial charge in [0.25, 0.3) is 0 Å². The van der Waals surface area contributed by atoms with E-state index in [4.69, 9.17) is 0 Å². The lowest BCUT2D eigenvalue weighted by atomic mass is 9.85. The molecule has 0 aliphatic carbocycles. The fourth-order valence-corrected chi connectivity index (χ4v) is 1.42. The van der Waals surface area contributed by atoms with E-state index in [9.17, 15) is 0 Å².